The van der Waals surface area contributed by atoms with Crippen molar-refractivity contribution in [1.29, 1.82) is 0 Å². The smallest absolute Gasteiger partial charge is 0.226 e. The summed E-state index contributed by atoms with van der Waals surface area (Å²) < 4.78 is 0.573. The van der Waals surface area contributed by atoms with Gasteiger partial charge in [0.05, 0.1) is 9.90 Å². The van der Waals surface area contributed by atoms with Gasteiger partial charge in [0.15, 0.2) is 5.78 Å². The van der Waals surface area contributed by atoms with Gasteiger partial charge in [-0.25, -0.2) is 0 Å². The lowest BCUT2D eigenvalue weighted by molar-refractivity contribution is -0.130. The molecule has 1 saturated heterocycles. The molecule has 1 spiro atoms. The fourth-order valence-corrected chi connectivity index (χ4v) is 4.19. The van der Waals surface area contributed by atoms with E-state index in [1.54, 1.807) is 11.0 Å². The molecule has 110 valence electrons. The van der Waals surface area contributed by atoms with Crippen LogP contribution in [0.3, 0.4) is 0 Å². The zero-order valence-corrected chi connectivity index (χ0v) is 13.7. The molecule has 1 fully saturated rings. The maximum atomic E-state index is 12.3. The molecule has 22 heavy (non-hydrogen) atoms. The molecule has 0 saturated carbocycles. The van der Waals surface area contributed by atoms with Crippen molar-refractivity contribution >= 4 is 39.3 Å². The molecule has 1 aromatic carbocycles. The van der Waals surface area contributed by atoms with Gasteiger partial charge in [-0.15, -0.1) is 0 Å². The summed E-state index contributed by atoms with van der Waals surface area (Å²) in [6.07, 6.45) is 6.15. The van der Waals surface area contributed by atoms with E-state index in [-0.39, 0.29) is 17.1 Å². The Kier molecular flexibility index (Phi) is 2.82. The lowest BCUT2D eigenvalue weighted by atomic mass is 9.65. The minimum Gasteiger partial charge on any atom is -0.344 e. The molecule has 4 heteroatoms. The lowest BCUT2D eigenvalue weighted by Gasteiger charge is -2.45. The number of fused-ring (bicyclic) bond motifs is 1. The molecular formula is C18H14BrNO2. The highest BCUT2D eigenvalue weighted by atomic mass is 79.9. The van der Waals surface area contributed by atoms with E-state index in [2.05, 4.69) is 28.1 Å². The highest BCUT2D eigenvalue weighted by molar-refractivity contribution is 9.12. The Morgan fingerprint density at radius 3 is 2.77 bits per heavy atom. The van der Waals surface area contributed by atoms with Crippen LogP contribution in [0.2, 0.25) is 0 Å². The average Bonchev–Trinajstić information content (AvgIpc) is 2.49. The van der Waals surface area contributed by atoms with Gasteiger partial charge < -0.3 is 4.90 Å². The first-order chi connectivity index (χ1) is 10.5. The number of nitrogens with zero attached hydrogens (tertiary/aromatic N) is 1. The van der Waals surface area contributed by atoms with Crippen molar-refractivity contribution in [2.45, 2.75) is 6.42 Å². The molecular weight excluding hydrogens is 342 g/mol. The molecule has 0 aromatic heterocycles. The average molecular weight is 356 g/mol. The number of allylic oxidation sites excluding steroid dienone is 2. The Balaban J connectivity index is 2.12. The SMILES string of the molecule is CN1CC23C=C(Br)C(=O)C=C2C=c2ccccc2=C3CC1=O. The van der Waals surface area contributed by atoms with E-state index in [0.717, 1.165) is 21.6 Å². The molecule has 1 aliphatic heterocycles. The van der Waals surface area contributed by atoms with Crippen molar-refractivity contribution in [3.8, 4) is 0 Å². The van der Waals surface area contributed by atoms with E-state index in [1.807, 2.05) is 31.3 Å². The quantitative estimate of drug-likeness (QED) is 0.702. The summed E-state index contributed by atoms with van der Waals surface area (Å²) in [5.41, 5.74) is 1.70. The number of amides is 1. The number of piperidine rings is 1. The van der Waals surface area contributed by atoms with Gasteiger partial charge in [0, 0.05) is 20.0 Å². The predicted octanol–water partition coefficient (Wildman–Crippen LogP) is 1.27. The van der Waals surface area contributed by atoms with Gasteiger partial charge in [0.1, 0.15) is 0 Å². The number of likely N-dealkylation sites (tertiary alicyclic amines) is 1. The van der Waals surface area contributed by atoms with Gasteiger partial charge in [-0.1, -0.05) is 24.3 Å². The maximum Gasteiger partial charge on any atom is 0.226 e. The first-order valence-corrected chi connectivity index (χ1v) is 8.00. The van der Waals surface area contributed by atoms with Crippen LogP contribution in [-0.2, 0) is 9.59 Å². The molecule has 2 aliphatic carbocycles. The number of hydrogen-bond acceptors (Lipinski definition) is 2. The highest BCUT2D eigenvalue weighted by Gasteiger charge is 2.46. The molecule has 4 rings (SSSR count). The molecule has 0 N–H and O–H groups in total. The maximum absolute atomic E-state index is 12.3. The summed E-state index contributed by atoms with van der Waals surface area (Å²) in [5.74, 6) is 0.105. The summed E-state index contributed by atoms with van der Waals surface area (Å²) in [7, 11) is 1.82. The monoisotopic (exact) mass is 355 g/mol. The molecule has 1 unspecified atom stereocenters. The molecule has 0 bridgehead atoms. The molecule has 3 aliphatic rings. The third-order valence-corrected chi connectivity index (χ3v) is 5.41. The zero-order chi connectivity index (χ0) is 15.5. The first-order valence-electron chi connectivity index (χ1n) is 7.20. The van der Waals surface area contributed by atoms with Gasteiger partial charge in [0.25, 0.3) is 0 Å². The Labute approximate surface area is 136 Å². The number of carbonyl (C=O) groups is 2. The third-order valence-electron chi connectivity index (χ3n) is 4.79. The van der Waals surface area contributed by atoms with Crippen LogP contribution in [0.4, 0.5) is 0 Å². The lowest BCUT2D eigenvalue weighted by Crippen LogP contribution is -2.51. The van der Waals surface area contributed by atoms with E-state index >= 15 is 0 Å². The summed E-state index contributed by atoms with van der Waals surface area (Å²) in [6.45, 7) is 0.570. The normalized spacial score (nSPS) is 26.5. The van der Waals surface area contributed by atoms with Gasteiger partial charge in [-0.2, -0.15) is 0 Å². The van der Waals surface area contributed by atoms with Crippen molar-refractivity contribution in [1.82, 2.24) is 4.90 Å². The van der Waals surface area contributed by atoms with Crippen LogP contribution in [0.5, 0.6) is 0 Å². The minimum atomic E-state index is -0.385. The third kappa shape index (κ3) is 1.73. The number of halogens is 1. The van der Waals surface area contributed by atoms with E-state index in [9.17, 15) is 9.59 Å². The molecule has 1 atom stereocenters. The Bertz CT molecular complexity index is 909. The molecule has 1 amide bonds. The number of rotatable bonds is 0. The van der Waals surface area contributed by atoms with E-state index in [1.165, 1.54) is 0 Å². The number of hydrogen-bond donors (Lipinski definition) is 0. The van der Waals surface area contributed by atoms with Gasteiger partial charge in [-0.3, -0.25) is 9.59 Å². The van der Waals surface area contributed by atoms with Crippen LogP contribution in [0, 0.1) is 5.41 Å². The van der Waals surface area contributed by atoms with Crippen molar-refractivity contribution in [3.63, 3.8) is 0 Å². The van der Waals surface area contributed by atoms with E-state index in [4.69, 9.17) is 0 Å². The van der Waals surface area contributed by atoms with Gasteiger partial charge >= 0.3 is 0 Å². The fraction of sp³-hybridized carbons (Fsp3) is 0.222. The summed E-state index contributed by atoms with van der Waals surface area (Å²) >= 11 is 3.38. The highest BCUT2D eigenvalue weighted by Crippen LogP contribution is 2.48. The fourth-order valence-electron chi connectivity index (χ4n) is 3.68. The number of ketones is 1. The second-order valence-electron chi connectivity index (χ2n) is 6.06. The second-order valence-corrected chi connectivity index (χ2v) is 6.92. The Hall–Kier alpha value is -1.94. The van der Waals surface area contributed by atoms with Crippen molar-refractivity contribution in [2.75, 3.05) is 13.6 Å². The number of carbonyl (C=O) groups excluding carboxylic acids is 2. The van der Waals surface area contributed by atoms with Crippen LogP contribution in [0.1, 0.15) is 6.42 Å². The van der Waals surface area contributed by atoms with Crippen LogP contribution in [0.15, 0.2) is 46.5 Å². The zero-order valence-electron chi connectivity index (χ0n) is 12.1. The minimum absolute atomic E-state index is 0.0184. The Morgan fingerprint density at radius 2 is 1.95 bits per heavy atom. The van der Waals surface area contributed by atoms with Crippen LogP contribution >= 0.6 is 15.9 Å². The van der Waals surface area contributed by atoms with Crippen LogP contribution < -0.4 is 10.4 Å². The second kappa shape index (κ2) is 4.53. The largest absolute Gasteiger partial charge is 0.344 e. The Morgan fingerprint density at radius 1 is 1.18 bits per heavy atom. The summed E-state index contributed by atoms with van der Waals surface area (Å²) in [5, 5.41) is 2.20. The topological polar surface area (TPSA) is 37.4 Å². The van der Waals surface area contributed by atoms with Crippen LogP contribution in [0.25, 0.3) is 11.6 Å². The van der Waals surface area contributed by atoms with Crippen molar-refractivity contribution in [3.05, 3.63) is 56.9 Å². The standard InChI is InChI=1S/C18H14BrNO2/c1-20-10-18-9-15(19)16(21)7-12(18)6-11-4-2-3-5-13(11)14(18)8-17(20)22/h2-7,9H,8,10H2,1H3. The summed E-state index contributed by atoms with van der Waals surface area (Å²) in [4.78, 5) is 26.1. The molecule has 1 heterocycles. The van der Waals surface area contributed by atoms with Crippen molar-refractivity contribution < 1.29 is 9.59 Å². The molecule has 1 aromatic rings. The molecule has 3 nitrogen and oxygen atoms in total. The summed E-state index contributed by atoms with van der Waals surface area (Å²) in [6, 6.07) is 8.08. The van der Waals surface area contributed by atoms with Crippen molar-refractivity contribution in [2.24, 2.45) is 5.41 Å². The van der Waals surface area contributed by atoms with E-state index in [0.29, 0.717) is 17.4 Å². The molecule has 0 radical (unpaired) electrons. The predicted molar refractivity (Wildman–Crippen MR) is 88.4 cm³/mol. The van der Waals surface area contributed by atoms with E-state index < -0.39 is 0 Å². The van der Waals surface area contributed by atoms with Crippen LogP contribution in [-0.4, -0.2) is 30.2 Å². The number of benzene rings is 1. The van der Waals surface area contributed by atoms with Gasteiger partial charge in [0.2, 0.25) is 5.91 Å². The first kappa shape index (κ1) is 13.7. The van der Waals surface area contributed by atoms with Gasteiger partial charge in [-0.05, 0) is 55.7 Å².